The summed E-state index contributed by atoms with van der Waals surface area (Å²) >= 11 is 1.79. The molecule has 1 aliphatic heterocycles. The maximum atomic E-state index is 13.3. The number of thiazole rings is 1. The molecule has 2 aromatic rings. The number of hydrogen-bond acceptors (Lipinski definition) is 12. The number of amidine groups is 1. The fourth-order valence-electron chi connectivity index (χ4n) is 5.49. The average Bonchev–Trinajstić information content (AvgIpc) is 3.42. The summed E-state index contributed by atoms with van der Waals surface area (Å²) in [7, 11) is 2.00. The number of anilines is 1. The van der Waals surface area contributed by atoms with E-state index in [9.17, 15) is 9.35 Å². The zero-order chi connectivity index (χ0) is 31.9. The van der Waals surface area contributed by atoms with Gasteiger partial charge >= 0.3 is 0 Å². The van der Waals surface area contributed by atoms with Crippen LogP contribution >= 0.6 is 23.4 Å². The lowest BCUT2D eigenvalue weighted by atomic mass is 9.86. The van der Waals surface area contributed by atoms with Crippen molar-refractivity contribution in [2.75, 3.05) is 25.1 Å². The van der Waals surface area contributed by atoms with Crippen molar-refractivity contribution >= 4 is 46.0 Å². The van der Waals surface area contributed by atoms with Crippen molar-refractivity contribution in [1.29, 1.82) is 0 Å². The van der Waals surface area contributed by atoms with Crippen LogP contribution in [0.25, 0.3) is 0 Å². The lowest BCUT2D eigenvalue weighted by Crippen LogP contribution is -2.57. The molecule has 0 radical (unpaired) electrons. The van der Waals surface area contributed by atoms with Crippen LogP contribution in [0.3, 0.4) is 0 Å². The number of fused-ring (bicyclic) bond motifs is 1. The Morgan fingerprint density at radius 2 is 2.05 bits per heavy atom. The van der Waals surface area contributed by atoms with Crippen LogP contribution in [0.5, 0.6) is 5.75 Å². The Morgan fingerprint density at radius 1 is 1.30 bits per heavy atom. The summed E-state index contributed by atoms with van der Waals surface area (Å²) in [5.74, 6) is 1.73. The van der Waals surface area contributed by atoms with Crippen molar-refractivity contribution in [2.45, 2.75) is 89.1 Å². The summed E-state index contributed by atoms with van der Waals surface area (Å²) in [4.78, 5) is 28.2. The number of nitrogens with zero attached hydrogens (tertiary/aromatic N) is 3. The standard InChI is InChI=1S/C30H46N8O4S2/c1-17(42-38-26(22-15-43-29(32)36-22)28(39)37-25(16-44-40)30(2,3)33)23-11-7-19-13-20(8-12-24(19)41-23)27(31)35-21-9-5-18(6-10-21)14-34-4/h8,12-13,15,17-18,21,23,25,34,40H,5-7,9-11,14,16,33H2,1-4H3,(H2,31,35)(H2,32,36)(H,37,39)/b38-26-. The van der Waals surface area contributed by atoms with E-state index >= 15 is 0 Å². The van der Waals surface area contributed by atoms with Crippen molar-refractivity contribution < 1.29 is 18.9 Å². The smallest absolute Gasteiger partial charge is 0.275 e. The largest absolute Gasteiger partial charge is 0.486 e. The molecule has 44 heavy (non-hydrogen) atoms. The van der Waals surface area contributed by atoms with Crippen LogP contribution in [-0.2, 0) is 16.1 Å². The van der Waals surface area contributed by atoms with Crippen LogP contribution < -0.4 is 32.6 Å². The first-order chi connectivity index (χ1) is 21.0. The minimum atomic E-state index is -0.794. The number of hydrogen-bond donors (Lipinski definition) is 6. The van der Waals surface area contributed by atoms with E-state index in [0.29, 0.717) is 29.4 Å². The van der Waals surface area contributed by atoms with Gasteiger partial charge in [-0.1, -0.05) is 5.16 Å². The molecule has 0 spiro atoms. The first-order valence-electron chi connectivity index (χ1n) is 15.1. The van der Waals surface area contributed by atoms with Crippen molar-refractivity contribution in [1.82, 2.24) is 15.6 Å². The highest BCUT2D eigenvalue weighted by Crippen LogP contribution is 2.31. The SMILES string of the molecule is CNCC1CCC(N=C(N)c2ccc3c(c2)CCC(C(C)O/N=C(\C(=O)NC(CSO)C(C)(C)N)c2csc(N)n2)O3)CC1. The van der Waals surface area contributed by atoms with Gasteiger partial charge in [-0.15, -0.1) is 11.3 Å². The van der Waals surface area contributed by atoms with Gasteiger partial charge in [-0.05, 0) is 115 Å². The van der Waals surface area contributed by atoms with E-state index < -0.39 is 23.6 Å². The first kappa shape index (κ1) is 34.0. The quantitative estimate of drug-likeness (QED) is 0.0814. The Kier molecular flexibility index (Phi) is 11.9. The van der Waals surface area contributed by atoms with E-state index in [-0.39, 0.29) is 29.3 Å². The fourth-order valence-corrected chi connectivity index (χ4v) is 6.70. The van der Waals surface area contributed by atoms with Crippen LogP contribution in [0.2, 0.25) is 0 Å². The summed E-state index contributed by atoms with van der Waals surface area (Å²) in [5.41, 5.74) is 19.9. The Bertz CT molecular complexity index is 1320. The van der Waals surface area contributed by atoms with Gasteiger partial charge in [-0.3, -0.25) is 9.79 Å². The number of ether oxygens (including phenoxy) is 1. The molecule has 3 atom stereocenters. The molecule has 1 aromatic heterocycles. The second kappa shape index (κ2) is 15.4. The Hall–Kier alpha value is -2.91. The highest BCUT2D eigenvalue weighted by molar-refractivity contribution is 7.93. The number of carbonyl (C=O) groups excluding carboxylic acids is 1. The molecule has 242 valence electrons. The van der Waals surface area contributed by atoms with Gasteiger partial charge in [0.05, 0.1) is 12.1 Å². The Labute approximate surface area is 267 Å². The Balaban J connectivity index is 1.41. The monoisotopic (exact) mass is 646 g/mol. The minimum absolute atomic E-state index is 0.0341. The molecule has 1 amide bonds. The van der Waals surface area contributed by atoms with E-state index in [2.05, 4.69) is 26.8 Å². The van der Waals surface area contributed by atoms with Crippen molar-refractivity contribution in [3.8, 4) is 5.75 Å². The summed E-state index contributed by atoms with van der Waals surface area (Å²) in [6.07, 6.45) is 5.18. The predicted molar refractivity (Wildman–Crippen MR) is 178 cm³/mol. The zero-order valence-electron chi connectivity index (χ0n) is 25.9. The van der Waals surface area contributed by atoms with Crippen LogP contribution in [-0.4, -0.2) is 76.2 Å². The van der Waals surface area contributed by atoms with Gasteiger partial charge < -0.3 is 42.0 Å². The number of rotatable bonds is 13. The molecule has 1 aromatic carbocycles. The molecule has 14 heteroatoms. The number of nitrogen functional groups attached to an aromatic ring is 1. The molecule has 9 N–H and O–H groups in total. The van der Waals surface area contributed by atoms with Gasteiger partial charge in [0, 0.05) is 22.2 Å². The van der Waals surface area contributed by atoms with Crippen LogP contribution in [0.4, 0.5) is 5.13 Å². The second-order valence-electron chi connectivity index (χ2n) is 12.2. The van der Waals surface area contributed by atoms with Crippen LogP contribution in [0.1, 0.15) is 69.7 Å². The maximum absolute atomic E-state index is 13.3. The van der Waals surface area contributed by atoms with Crippen molar-refractivity contribution in [3.63, 3.8) is 0 Å². The molecular formula is C30H46N8O4S2. The van der Waals surface area contributed by atoms with Gasteiger partial charge in [0.25, 0.3) is 5.91 Å². The van der Waals surface area contributed by atoms with Crippen molar-refractivity contribution in [3.05, 3.63) is 40.4 Å². The van der Waals surface area contributed by atoms with E-state index in [0.717, 1.165) is 48.6 Å². The number of nitrogens with one attached hydrogen (secondary N) is 2. The number of carbonyl (C=O) groups is 1. The van der Waals surface area contributed by atoms with Gasteiger partial charge in [-0.2, -0.15) is 0 Å². The third-order valence-corrected chi connectivity index (χ3v) is 9.38. The molecule has 1 saturated carbocycles. The van der Waals surface area contributed by atoms with E-state index in [4.69, 9.17) is 31.8 Å². The van der Waals surface area contributed by atoms with Crippen molar-refractivity contribution in [2.24, 2.45) is 27.5 Å². The number of oxime groups is 1. The average molecular weight is 647 g/mol. The molecule has 2 aliphatic rings. The molecule has 3 unspecified atom stereocenters. The molecule has 2 heterocycles. The first-order valence-corrected chi connectivity index (χ1v) is 16.9. The zero-order valence-corrected chi connectivity index (χ0v) is 27.5. The summed E-state index contributed by atoms with van der Waals surface area (Å²) in [6, 6.07) is 5.68. The van der Waals surface area contributed by atoms with Gasteiger partial charge in [-0.25, -0.2) is 4.98 Å². The third kappa shape index (κ3) is 9.07. The predicted octanol–water partition coefficient (Wildman–Crippen LogP) is 3.14. The molecule has 12 nitrogen and oxygen atoms in total. The molecule has 1 fully saturated rings. The van der Waals surface area contributed by atoms with E-state index in [1.807, 2.05) is 26.1 Å². The van der Waals surface area contributed by atoms with Crippen LogP contribution in [0, 0.1) is 5.92 Å². The lowest BCUT2D eigenvalue weighted by molar-refractivity contribution is -0.116. The van der Waals surface area contributed by atoms with E-state index in [1.165, 1.54) is 24.2 Å². The Morgan fingerprint density at radius 3 is 2.68 bits per heavy atom. The van der Waals surface area contributed by atoms with Gasteiger partial charge in [0.15, 0.2) is 16.9 Å². The molecular weight excluding hydrogens is 601 g/mol. The number of aliphatic imine (C=N–C) groups is 1. The highest BCUT2D eigenvalue weighted by Gasteiger charge is 2.31. The number of nitrogens with two attached hydrogens (primary N) is 3. The van der Waals surface area contributed by atoms with Gasteiger partial charge in [0.1, 0.15) is 23.4 Å². The summed E-state index contributed by atoms with van der Waals surface area (Å²) < 4.78 is 15.7. The normalized spacial score (nSPS) is 22.5. The molecule has 0 saturated heterocycles. The molecule has 4 rings (SSSR count). The number of aromatic nitrogens is 1. The van der Waals surface area contributed by atoms with E-state index in [1.54, 1.807) is 19.2 Å². The number of aryl methyl sites for hydroxylation is 1. The lowest BCUT2D eigenvalue weighted by Gasteiger charge is -2.31. The summed E-state index contributed by atoms with van der Waals surface area (Å²) in [5, 5.41) is 12.3. The van der Waals surface area contributed by atoms with Gasteiger partial charge in [0.2, 0.25) is 0 Å². The third-order valence-electron chi connectivity index (χ3n) is 8.22. The number of benzene rings is 1. The molecule has 1 aliphatic carbocycles. The maximum Gasteiger partial charge on any atom is 0.275 e. The fraction of sp³-hybridized carbons (Fsp3) is 0.600. The highest BCUT2D eigenvalue weighted by atomic mass is 32.2. The topological polar surface area (TPSA) is 195 Å². The minimum Gasteiger partial charge on any atom is -0.486 e. The number of amides is 1. The van der Waals surface area contributed by atoms with Crippen LogP contribution in [0.15, 0.2) is 33.7 Å². The molecule has 0 bridgehead atoms. The summed E-state index contributed by atoms with van der Waals surface area (Å²) in [6.45, 7) is 6.44. The second-order valence-corrected chi connectivity index (χ2v) is 13.7.